The van der Waals surface area contributed by atoms with Gasteiger partial charge in [-0.1, -0.05) is 37.0 Å². The van der Waals surface area contributed by atoms with Crippen LogP contribution >= 0.6 is 34.9 Å². The lowest BCUT2D eigenvalue weighted by Crippen LogP contribution is -2.56. The summed E-state index contributed by atoms with van der Waals surface area (Å²) in [6.45, 7) is 6.30. The van der Waals surface area contributed by atoms with Gasteiger partial charge in [0.25, 0.3) is 0 Å². The molecule has 2 unspecified atom stereocenters. The summed E-state index contributed by atoms with van der Waals surface area (Å²) in [5.74, 6) is 0. The zero-order valence-corrected chi connectivity index (χ0v) is 14.4. The Hall–Kier alpha value is -0.620. The van der Waals surface area contributed by atoms with Crippen LogP contribution in [0.1, 0.15) is 26.7 Å². The molecule has 1 aliphatic rings. The average Bonchev–Trinajstić information content (AvgIpc) is 2.96. The molecule has 2 aromatic rings. The highest BCUT2D eigenvalue weighted by Crippen LogP contribution is 2.39. The van der Waals surface area contributed by atoms with E-state index < -0.39 is 0 Å². The molecule has 0 aliphatic carbocycles. The molecular formula is C14H18Cl2N4S. The number of halogens is 2. The zero-order chi connectivity index (χ0) is 15.0. The molecule has 2 heterocycles. The van der Waals surface area contributed by atoms with Crippen molar-refractivity contribution in [2.24, 2.45) is 0 Å². The second-order valence-corrected chi connectivity index (χ2v) is 6.72. The van der Waals surface area contributed by atoms with Crippen molar-refractivity contribution in [3.05, 3.63) is 16.1 Å². The summed E-state index contributed by atoms with van der Waals surface area (Å²) in [5, 5.41) is 4.83. The number of hydrogen-bond acceptors (Lipinski definition) is 5. The van der Waals surface area contributed by atoms with Gasteiger partial charge in [-0.3, -0.25) is 0 Å². The highest BCUT2D eigenvalue weighted by atomic mass is 35.5. The molecule has 0 saturated carbocycles. The van der Waals surface area contributed by atoms with Crippen LogP contribution in [-0.2, 0) is 0 Å². The van der Waals surface area contributed by atoms with E-state index in [9.17, 15) is 0 Å². The number of aromatic nitrogens is 2. The molecule has 7 heteroatoms. The molecular weight excluding hydrogens is 327 g/mol. The second kappa shape index (κ2) is 6.24. The standard InChI is InChI=1S/C14H18Cl2N4S/c1-3-8-7-20(9(4-2)6-17-8)14-11(16)5-10(15)12-13(14)19-21-18-12/h5,8-9,17H,3-4,6-7H2,1-2H3. The van der Waals surface area contributed by atoms with E-state index in [1.54, 1.807) is 6.07 Å². The number of fused-ring (bicyclic) bond motifs is 1. The Morgan fingerprint density at radius 2 is 2.00 bits per heavy atom. The van der Waals surface area contributed by atoms with Gasteiger partial charge in [0.1, 0.15) is 11.0 Å². The van der Waals surface area contributed by atoms with Crippen LogP contribution in [0.2, 0.25) is 10.0 Å². The SMILES string of the molecule is CCC1CN(c2c(Cl)cc(Cl)c3nsnc23)C(CC)CN1. The van der Waals surface area contributed by atoms with E-state index in [1.165, 1.54) is 11.7 Å². The molecule has 21 heavy (non-hydrogen) atoms. The predicted molar refractivity (Wildman–Crippen MR) is 90.9 cm³/mol. The van der Waals surface area contributed by atoms with Gasteiger partial charge in [-0.2, -0.15) is 8.75 Å². The number of piperazine rings is 1. The summed E-state index contributed by atoms with van der Waals surface area (Å²) in [4.78, 5) is 2.38. The molecule has 0 amide bonds. The van der Waals surface area contributed by atoms with Crippen LogP contribution in [0.15, 0.2) is 6.07 Å². The minimum Gasteiger partial charge on any atom is -0.363 e. The average molecular weight is 345 g/mol. The first kappa shape index (κ1) is 15.3. The lowest BCUT2D eigenvalue weighted by atomic mass is 10.0. The van der Waals surface area contributed by atoms with Crippen LogP contribution < -0.4 is 10.2 Å². The van der Waals surface area contributed by atoms with Gasteiger partial charge in [0.05, 0.1) is 27.5 Å². The van der Waals surface area contributed by atoms with Gasteiger partial charge < -0.3 is 10.2 Å². The number of hydrogen-bond donors (Lipinski definition) is 1. The van der Waals surface area contributed by atoms with E-state index in [2.05, 4.69) is 32.8 Å². The lowest BCUT2D eigenvalue weighted by molar-refractivity contribution is 0.379. The van der Waals surface area contributed by atoms with Crippen molar-refractivity contribution in [3.63, 3.8) is 0 Å². The van der Waals surface area contributed by atoms with E-state index in [0.717, 1.165) is 42.7 Å². The minimum absolute atomic E-state index is 0.413. The molecule has 0 spiro atoms. The molecule has 1 N–H and O–H groups in total. The predicted octanol–water partition coefficient (Wildman–Crippen LogP) is 3.96. The minimum atomic E-state index is 0.413. The lowest BCUT2D eigenvalue weighted by Gasteiger charge is -2.42. The van der Waals surface area contributed by atoms with Crippen molar-refractivity contribution in [2.75, 3.05) is 18.0 Å². The van der Waals surface area contributed by atoms with Crippen LogP contribution in [0.25, 0.3) is 11.0 Å². The van der Waals surface area contributed by atoms with Gasteiger partial charge in [0, 0.05) is 25.2 Å². The zero-order valence-electron chi connectivity index (χ0n) is 12.1. The maximum atomic E-state index is 6.50. The van der Waals surface area contributed by atoms with Crippen LogP contribution in [0, 0.1) is 0 Å². The quantitative estimate of drug-likeness (QED) is 0.914. The summed E-state index contributed by atoms with van der Waals surface area (Å²) in [6.07, 6.45) is 2.15. The van der Waals surface area contributed by atoms with Gasteiger partial charge in [0.2, 0.25) is 0 Å². The first-order valence-electron chi connectivity index (χ1n) is 7.26. The van der Waals surface area contributed by atoms with Crippen molar-refractivity contribution in [1.82, 2.24) is 14.1 Å². The Kier molecular flexibility index (Phi) is 4.54. The van der Waals surface area contributed by atoms with Gasteiger partial charge in [-0.05, 0) is 18.9 Å². The Bertz CT molecular complexity index is 645. The van der Waals surface area contributed by atoms with Crippen molar-refractivity contribution < 1.29 is 0 Å². The fourth-order valence-electron chi connectivity index (χ4n) is 2.91. The van der Waals surface area contributed by atoms with Crippen LogP contribution in [0.4, 0.5) is 5.69 Å². The largest absolute Gasteiger partial charge is 0.363 e. The number of nitrogens with zero attached hydrogens (tertiary/aromatic N) is 3. The summed E-state index contributed by atoms with van der Waals surface area (Å²) >= 11 is 13.9. The molecule has 1 saturated heterocycles. The number of benzene rings is 1. The topological polar surface area (TPSA) is 41.1 Å². The molecule has 0 bridgehead atoms. The Balaban J connectivity index is 2.10. The Morgan fingerprint density at radius 3 is 2.71 bits per heavy atom. The van der Waals surface area contributed by atoms with E-state index >= 15 is 0 Å². The highest BCUT2D eigenvalue weighted by Gasteiger charge is 2.30. The first-order chi connectivity index (χ1) is 10.2. The summed E-state index contributed by atoms with van der Waals surface area (Å²) in [6, 6.07) is 2.68. The molecule has 0 radical (unpaired) electrons. The first-order valence-corrected chi connectivity index (χ1v) is 8.74. The number of rotatable bonds is 3. The van der Waals surface area contributed by atoms with Gasteiger partial charge >= 0.3 is 0 Å². The normalized spacial score (nSPS) is 23.0. The molecule has 1 aromatic carbocycles. The van der Waals surface area contributed by atoms with Crippen LogP contribution in [-0.4, -0.2) is 33.9 Å². The molecule has 1 fully saturated rings. The monoisotopic (exact) mass is 344 g/mol. The fraction of sp³-hybridized carbons (Fsp3) is 0.571. The van der Waals surface area contributed by atoms with Crippen molar-refractivity contribution >= 4 is 51.7 Å². The van der Waals surface area contributed by atoms with Gasteiger partial charge in [-0.15, -0.1) is 0 Å². The molecule has 4 nitrogen and oxygen atoms in total. The van der Waals surface area contributed by atoms with E-state index in [-0.39, 0.29) is 0 Å². The number of anilines is 1. The van der Waals surface area contributed by atoms with Crippen molar-refractivity contribution in [2.45, 2.75) is 38.8 Å². The second-order valence-electron chi connectivity index (χ2n) is 5.38. The summed E-state index contributed by atoms with van der Waals surface area (Å²) in [7, 11) is 0. The highest BCUT2D eigenvalue weighted by molar-refractivity contribution is 7.00. The maximum absolute atomic E-state index is 6.50. The van der Waals surface area contributed by atoms with Crippen LogP contribution in [0.3, 0.4) is 0 Å². The molecule has 1 aromatic heterocycles. The Labute approximate surface area is 138 Å². The van der Waals surface area contributed by atoms with Crippen LogP contribution in [0.5, 0.6) is 0 Å². The molecule has 114 valence electrons. The maximum Gasteiger partial charge on any atom is 0.131 e. The smallest absolute Gasteiger partial charge is 0.131 e. The van der Waals surface area contributed by atoms with E-state index in [0.29, 0.717) is 22.1 Å². The van der Waals surface area contributed by atoms with E-state index in [4.69, 9.17) is 23.2 Å². The fourth-order valence-corrected chi connectivity index (χ4v) is 4.13. The number of nitrogens with one attached hydrogen (secondary N) is 1. The van der Waals surface area contributed by atoms with E-state index in [1.807, 2.05) is 0 Å². The summed E-state index contributed by atoms with van der Waals surface area (Å²) in [5.41, 5.74) is 2.56. The van der Waals surface area contributed by atoms with Gasteiger partial charge in [-0.25, -0.2) is 0 Å². The van der Waals surface area contributed by atoms with Gasteiger partial charge in [0.15, 0.2) is 0 Å². The van der Waals surface area contributed by atoms with Crippen molar-refractivity contribution in [1.29, 1.82) is 0 Å². The third-order valence-electron chi connectivity index (χ3n) is 4.17. The third kappa shape index (κ3) is 2.72. The Morgan fingerprint density at radius 1 is 1.24 bits per heavy atom. The molecule has 1 aliphatic heterocycles. The van der Waals surface area contributed by atoms with Crippen molar-refractivity contribution in [3.8, 4) is 0 Å². The molecule has 2 atom stereocenters. The summed E-state index contributed by atoms with van der Waals surface area (Å²) < 4.78 is 8.74. The molecule has 3 rings (SSSR count). The third-order valence-corrected chi connectivity index (χ3v) is 5.27.